The van der Waals surface area contributed by atoms with E-state index in [1.165, 1.54) is 27.1 Å². The second kappa shape index (κ2) is 7.56. The molecule has 2 aromatic heterocycles. The van der Waals surface area contributed by atoms with Crippen LogP contribution in [-0.4, -0.2) is 48.8 Å². The van der Waals surface area contributed by atoms with Gasteiger partial charge in [-0.2, -0.15) is 0 Å². The van der Waals surface area contributed by atoms with Gasteiger partial charge >= 0.3 is 0 Å². The number of carbonyl (C=O) groups is 1. The molecule has 2 aromatic rings. The molecule has 0 aromatic carbocycles. The maximum atomic E-state index is 12.9. The van der Waals surface area contributed by atoms with Gasteiger partial charge < -0.3 is 10.4 Å². The SMILES string of the molecule is CC(C)N1C(=O)/C(=C/c2c(NCCO)nc3ccccn3c2=O)SC1=S. The van der Waals surface area contributed by atoms with Crippen LogP contribution in [0.2, 0.25) is 0 Å². The summed E-state index contributed by atoms with van der Waals surface area (Å²) in [6.07, 6.45) is 3.15. The minimum absolute atomic E-state index is 0.0591. The Balaban J connectivity index is 2.14. The fraction of sp³-hybridized carbons (Fsp3) is 0.294. The zero-order chi connectivity index (χ0) is 18.8. The van der Waals surface area contributed by atoms with Crippen molar-refractivity contribution in [2.45, 2.75) is 19.9 Å². The number of thiocarbonyl (C=S) groups is 1. The highest BCUT2D eigenvalue weighted by Gasteiger charge is 2.34. The summed E-state index contributed by atoms with van der Waals surface area (Å²) in [6, 6.07) is 5.17. The Morgan fingerprint density at radius 1 is 1.38 bits per heavy atom. The first-order chi connectivity index (χ1) is 12.4. The average molecular weight is 390 g/mol. The molecule has 0 atom stereocenters. The fourth-order valence-corrected chi connectivity index (χ4v) is 4.10. The predicted octanol–water partition coefficient (Wildman–Crippen LogP) is 1.71. The largest absolute Gasteiger partial charge is 0.395 e. The van der Waals surface area contributed by atoms with E-state index >= 15 is 0 Å². The monoisotopic (exact) mass is 390 g/mol. The van der Waals surface area contributed by atoms with E-state index in [0.717, 1.165) is 0 Å². The smallest absolute Gasteiger partial charge is 0.267 e. The zero-order valence-corrected chi connectivity index (χ0v) is 15.9. The molecule has 3 heterocycles. The zero-order valence-electron chi connectivity index (χ0n) is 14.3. The summed E-state index contributed by atoms with van der Waals surface area (Å²) in [6.45, 7) is 3.90. The van der Waals surface area contributed by atoms with Crippen molar-refractivity contribution in [3.05, 3.63) is 45.2 Å². The Kier molecular flexibility index (Phi) is 5.40. The van der Waals surface area contributed by atoms with Crippen molar-refractivity contribution < 1.29 is 9.90 Å². The molecule has 0 bridgehead atoms. The summed E-state index contributed by atoms with van der Waals surface area (Å²) in [4.78, 5) is 31.9. The highest BCUT2D eigenvalue weighted by Crippen LogP contribution is 2.34. The lowest BCUT2D eigenvalue weighted by Crippen LogP contribution is -2.34. The highest BCUT2D eigenvalue weighted by molar-refractivity contribution is 8.26. The predicted molar refractivity (Wildman–Crippen MR) is 107 cm³/mol. The molecule has 0 radical (unpaired) electrons. The molecule has 26 heavy (non-hydrogen) atoms. The van der Waals surface area contributed by atoms with Crippen LogP contribution in [0.15, 0.2) is 34.1 Å². The third-order valence-corrected chi connectivity index (χ3v) is 5.12. The molecule has 1 aliphatic rings. The molecule has 136 valence electrons. The normalized spacial score (nSPS) is 16.3. The van der Waals surface area contributed by atoms with E-state index < -0.39 is 0 Å². The Labute approximate surface area is 159 Å². The number of nitrogens with one attached hydrogen (secondary N) is 1. The number of fused-ring (bicyclic) bond motifs is 1. The number of anilines is 1. The molecular weight excluding hydrogens is 372 g/mol. The number of aliphatic hydroxyl groups excluding tert-OH is 1. The summed E-state index contributed by atoms with van der Waals surface area (Å²) in [5, 5.41) is 12.0. The van der Waals surface area contributed by atoms with Crippen molar-refractivity contribution in [3.63, 3.8) is 0 Å². The average Bonchev–Trinajstić information content (AvgIpc) is 2.89. The van der Waals surface area contributed by atoms with Gasteiger partial charge in [-0.25, -0.2) is 4.98 Å². The van der Waals surface area contributed by atoms with E-state index in [9.17, 15) is 9.59 Å². The van der Waals surface area contributed by atoms with Crippen LogP contribution in [0.1, 0.15) is 19.4 Å². The lowest BCUT2D eigenvalue weighted by atomic mass is 10.2. The Hall–Kier alpha value is -2.23. The number of aromatic nitrogens is 2. The number of aliphatic hydroxyl groups is 1. The maximum absolute atomic E-state index is 12.9. The van der Waals surface area contributed by atoms with Gasteiger partial charge in [-0.1, -0.05) is 30.0 Å². The second-order valence-electron chi connectivity index (χ2n) is 5.90. The van der Waals surface area contributed by atoms with Crippen LogP contribution < -0.4 is 10.9 Å². The lowest BCUT2D eigenvalue weighted by molar-refractivity contribution is -0.123. The van der Waals surface area contributed by atoms with E-state index in [0.29, 0.717) is 20.7 Å². The van der Waals surface area contributed by atoms with Gasteiger partial charge in [0.05, 0.1) is 17.1 Å². The molecule has 2 N–H and O–H groups in total. The van der Waals surface area contributed by atoms with Crippen LogP contribution in [0.25, 0.3) is 11.7 Å². The van der Waals surface area contributed by atoms with Crippen LogP contribution in [0.5, 0.6) is 0 Å². The maximum Gasteiger partial charge on any atom is 0.267 e. The van der Waals surface area contributed by atoms with Crippen molar-refractivity contribution in [2.75, 3.05) is 18.5 Å². The number of amides is 1. The first kappa shape index (κ1) is 18.6. The van der Waals surface area contributed by atoms with Gasteiger partial charge in [0.25, 0.3) is 11.5 Å². The summed E-state index contributed by atoms with van der Waals surface area (Å²) >= 11 is 6.45. The van der Waals surface area contributed by atoms with Crippen molar-refractivity contribution in [3.8, 4) is 0 Å². The van der Waals surface area contributed by atoms with Crippen LogP contribution in [-0.2, 0) is 4.79 Å². The first-order valence-corrected chi connectivity index (χ1v) is 9.29. The number of thioether (sulfide) groups is 1. The van der Waals surface area contributed by atoms with E-state index in [4.69, 9.17) is 17.3 Å². The minimum atomic E-state index is -0.300. The Morgan fingerprint density at radius 2 is 2.15 bits per heavy atom. The van der Waals surface area contributed by atoms with Crippen LogP contribution in [0, 0.1) is 0 Å². The highest BCUT2D eigenvalue weighted by atomic mass is 32.2. The van der Waals surface area contributed by atoms with Gasteiger partial charge in [-0.15, -0.1) is 0 Å². The lowest BCUT2D eigenvalue weighted by Gasteiger charge is -2.18. The van der Waals surface area contributed by atoms with Gasteiger partial charge in [0, 0.05) is 18.8 Å². The number of rotatable bonds is 5. The number of hydrogen-bond acceptors (Lipinski definition) is 7. The van der Waals surface area contributed by atoms with Crippen molar-refractivity contribution in [1.82, 2.24) is 14.3 Å². The Morgan fingerprint density at radius 3 is 2.81 bits per heavy atom. The van der Waals surface area contributed by atoms with E-state index in [-0.39, 0.29) is 36.2 Å². The molecular formula is C17H18N4O3S2. The van der Waals surface area contributed by atoms with Gasteiger partial charge in [0.1, 0.15) is 15.8 Å². The number of carbonyl (C=O) groups excluding carboxylic acids is 1. The van der Waals surface area contributed by atoms with E-state index in [1.54, 1.807) is 24.4 Å². The van der Waals surface area contributed by atoms with Crippen molar-refractivity contribution in [2.24, 2.45) is 0 Å². The molecule has 0 unspecified atom stereocenters. The molecule has 1 amide bonds. The summed E-state index contributed by atoms with van der Waals surface area (Å²) in [5.41, 5.74) is 0.432. The number of pyridine rings is 1. The quantitative estimate of drug-likeness (QED) is 0.594. The van der Waals surface area contributed by atoms with Crippen LogP contribution in [0.3, 0.4) is 0 Å². The Bertz CT molecular complexity index is 968. The van der Waals surface area contributed by atoms with Crippen molar-refractivity contribution >= 4 is 51.7 Å². The third-order valence-electron chi connectivity index (χ3n) is 3.79. The van der Waals surface area contributed by atoms with E-state index in [1.807, 2.05) is 13.8 Å². The molecule has 0 spiro atoms. The third kappa shape index (κ3) is 3.37. The standard InChI is InChI=1S/C17H18N4O3S2/c1-10(2)21-16(24)12(26-17(21)25)9-11-14(18-6-8-22)19-13-5-3-4-7-20(13)15(11)23/h3-5,7,9-10,18,22H,6,8H2,1-2H3/b12-9-. The molecule has 3 rings (SSSR count). The summed E-state index contributed by atoms with van der Waals surface area (Å²) < 4.78 is 1.88. The van der Waals surface area contributed by atoms with Crippen molar-refractivity contribution in [1.29, 1.82) is 0 Å². The van der Waals surface area contributed by atoms with Crippen LogP contribution >= 0.6 is 24.0 Å². The molecule has 7 nitrogen and oxygen atoms in total. The molecule has 9 heteroatoms. The summed E-state index contributed by atoms with van der Waals surface area (Å²) in [7, 11) is 0. The molecule has 1 aliphatic heterocycles. The topological polar surface area (TPSA) is 86.9 Å². The second-order valence-corrected chi connectivity index (χ2v) is 7.58. The number of hydrogen-bond donors (Lipinski definition) is 2. The molecule has 1 saturated heterocycles. The number of nitrogens with zero attached hydrogens (tertiary/aromatic N) is 3. The van der Waals surface area contributed by atoms with Crippen LogP contribution in [0.4, 0.5) is 5.82 Å². The first-order valence-electron chi connectivity index (χ1n) is 8.07. The van der Waals surface area contributed by atoms with Gasteiger partial charge in [-0.05, 0) is 32.1 Å². The molecule has 1 fully saturated rings. The van der Waals surface area contributed by atoms with E-state index in [2.05, 4.69) is 10.3 Å². The van der Waals surface area contributed by atoms with Gasteiger partial charge in [0.15, 0.2) is 0 Å². The summed E-state index contributed by atoms with van der Waals surface area (Å²) in [5.74, 6) is 0.103. The van der Waals surface area contributed by atoms with Gasteiger partial charge in [0.2, 0.25) is 0 Å². The fourth-order valence-electron chi connectivity index (χ4n) is 2.60. The van der Waals surface area contributed by atoms with Gasteiger partial charge in [-0.3, -0.25) is 18.9 Å². The molecule has 0 saturated carbocycles. The minimum Gasteiger partial charge on any atom is -0.395 e. The molecule has 0 aliphatic carbocycles.